The van der Waals surface area contributed by atoms with Crippen molar-refractivity contribution in [3.05, 3.63) is 0 Å². The van der Waals surface area contributed by atoms with E-state index in [-0.39, 0.29) is 5.79 Å². The molecule has 90 valence electrons. The number of hydrogen-bond donors (Lipinski definition) is 1. The molecule has 4 heteroatoms. The maximum absolute atomic E-state index is 9.32. The van der Waals surface area contributed by atoms with Gasteiger partial charge in [0.15, 0.2) is 5.79 Å². The predicted octanol–water partition coefficient (Wildman–Crippen LogP) is 0.947. The molecule has 5 saturated carbocycles. The lowest BCUT2D eigenvalue weighted by Crippen LogP contribution is -2.58. The molecular formula is C13H15NO3. The van der Waals surface area contributed by atoms with Gasteiger partial charge < -0.3 is 14.7 Å². The van der Waals surface area contributed by atoms with E-state index in [9.17, 15) is 5.21 Å². The minimum atomic E-state index is -0.263. The van der Waals surface area contributed by atoms with Gasteiger partial charge in [0, 0.05) is 23.7 Å². The van der Waals surface area contributed by atoms with Crippen LogP contribution in [-0.2, 0) is 9.47 Å². The Labute approximate surface area is 99.0 Å². The summed E-state index contributed by atoms with van der Waals surface area (Å²) in [6.45, 7) is 1.51. The second-order valence-corrected chi connectivity index (χ2v) is 6.76. The summed E-state index contributed by atoms with van der Waals surface area (Å²) in [5, 5.41) is 13.0. The van der Waals surface area contributed by atoms with Crippen molar-refractivity contribution in [3.8, 4) is 0 Å². The Morgan fingerprint density at radius 2 is 1.88 bits per heavy atom. The van der Waals surface area contributed by atoms with Crippen LogP contribution in [-0.4, -0.2) is 29.9 Å². The third kappa shape index (κ3) is 0.557. The molecular weight excluding hydrogens is 218 g/mol. The lowest BCUT2D eigenvalue weighted by molar-refractivity contribution is -0.241. The van der Waals surface area contributed by atoms with Crippen LogP contribution in [0.3, 0.4) is 0 Å². The minimum Gasteiger partial charge on any atom is -0.411 e. The molecule has 0 radical (unpaired) electrons. The van der Waals surface area contributed by atoms with Crippen LogP contribution < -0.4 is 0 Å². The number of nitrogens with zero attached hydrogens (tertiary/aromatic N) is 1. The van der Waals surface area contributed by atoms with Crippen LogP contribution >= 0.6 is 0 Å². The first-order valence-corrected chi connectivity index (χ1v) is 6.88. The van der Waals surface area contributed by atoms with Crippen LogP contribution in [0.5, 0.6) is 0 Å². The van der Waals surface area contributed by atoms with Gasteiger partial charge in [-0.15, -0.1) is 0 Å². The monoisotopic (exact) mass is 233 g/mol. The summed E-state index contributed by atoms with van der Waals surface area (Å²) < 4.78 is 12.2. The Morgan fingerprint density at radius 1 is 1.06 bits per heavy atom. The third-order valence-corrected chi connectivity index (χ3v) is 6.97. The minimum absolute atomic E-state index is 0.263. The normalized spacial score (nSPS) is 68.8. The molecule has 8 atom stereocenters. The highest BCUT2D eigenvalue weighted by Gasteiger charge is 2.88. The second-order valence-electron chi connectivity index (χ2n) is 6.76. The molecule has 6 aliphatic rings. The van der Waals surface area contributed by atoms with Crippen LogP contribution in [0.25, 0.3) is 0 Å². The number of hydrogen-bond acceptors (Lipinski definition) is 4. The second kappa shape index (κ2) is 2.16. The van der Waals surface area contributed by atoms with Crippen molar-refractivity contribution in [2.75, 3.05) is 13.2 Å². The lowest BCUT2D eigenvalue weighted by atomic mass is 9.58. The molecule has 4 nitrogen and oxygen atoms in total. The summed E-state index contributed by atoms with van der Waals surface area (Å²) >= 11 is 0. The average molecular weight is 233 g/mol. The van der Waals surface area contributed by atoms with Gasteiger partial charge in [-0.1, -0.05) is 5.16 Å². The first kappa shape index (κ1) is 8.48. The first-order valence-electron chi connectivity index (χ1n) is 6.88. The lowest BCUT2D eigenvalue weighted by Gasteiger charge is -2.50. The topological polar surface area (TPSA) is 51.1 Å². The van der Waals surface area contributed by atoms with Gasteiger partial charge in [0.2, 0.25) is 0 Å². The fourth-order valence-electron chi connectivity index (χ4n) is 7.11. The molecule has 1 aliphatic heterocycles. The molecule has 1 heterocycles. The van der Waals surface area contributed by atoms with E-state index in [0.29, 0.717) is 23.7 Å². The van der Waals surface area contributed by atoms with Crippen LogP contribution in [0.4, 0.5) is 0 Å². The molecule has 1 spiro atoms. The van der Waals surface area contributed by atoms with E-state index in [1.807, 2.05) is 0 Å². The number of ether oxygens (including phenoxy) is 2. The quantitative estimate of drug-likeness (QED) is 0.500. The van der Waals surface area contributed by atoms with E-state index in [1.54, 1.807) is 0 Å². The van der Waals surface area contributed by atoms with Crippen molar-refractivity contribution in [1.82, 2.24) is 0 Å². The molecule has 2 bridgehead atoms. The van der Waals surface area contributed by atoms with Gasteiger partial charge in [0.1, 0.15) is 0 Å². The van der Waals surface area contributed by atoms with Crippen molar-refractivity contribution < 1.29 is 14.7 Å². The summed E-state index contributed by atoms with van der Waals surface area (Å²) in [4.78, 5) is 0. The Balaban J connectivity index is 1.64. The van der Waals surface area contributed by atoms with Crippen molar-refractivity contribution >= 4 is 5.71 Å². The van der Waals surface area contributed by atoms with E-state index in [0.717, 1.165) is 42.6 Å². The van der Waals surface area contributed by atoms with Crippen LogP contribution in [0.2, 0.25) is 0 Å². The van der Waals surface area contributed by atoms with Crippen molar-refractivity contribution in [1.29, 1.82) is 0 Å². The molecule has 17 heavy (non-hydrogen) atoms. The van der Waals surface area contributed by atoms with Gasteiger partial charge >= 0.3 is 0 Å². The van der Waals surface area contributed by atoms with Gasteiger partial charge in [-0.25, -0.2) is 0 Å². The number of oxime groups is 1. The SMILES string of the molecule is O/N=C1\[C@@H]2[C@H]3C[C@H]4[C@@H]5[C@@H]3[C@@H]1[C@@H]5C1(OCCO1)[C@H]42. The Morgan fingerprint density at radius 3 is 2.65 bits per heavy atom. The van der Waals surface area contributed by atoms with E-state index >= 15 is 0 Å². The zero-order valence-electron chi connectivity index (χ0n) is 9.45. The highest BCUT2D eigenvalue weighted by atomic mass is 16.7. The average Bonchev–Trinajstić information content (AvgIpc) is 2.95. The molecule has 0 aromatic heterocycles. The smallest absolute Gasteiger partial charge is 0.175 e. The number of fused-ring (bicyclic) bond motifs is 4. The molecule has 1 saturated heterocycles. The molecule has 1 N–H and O–H groups in total. The summed E-state index contributed by atoms with van der Waals surface area (Å²) in [7, 11) is 0. The first-order chi connectivity index (χ1) is 8.38. The molecule has 0 aromatic rings. The predicted molar refractivity (Wildman–Crippen MR) is 56.4 cm³/mol. The van der Waals surface area contributed by atoms with E-state index in [4.69, 9.17) is 9.47 Å². The Bertz CT molecular complexity index is 469. The molecule has 6 rings (SSSR count). The molecule has 0 unspecified atom stereocenters. The highest BCUT2D eigenvalue weighted by molar-refractivity contribution is 5.96. The van der Waals surface area contributed by atoms with Crippen LogP contribution in [0.15, 0.2) is 5.16 Å². The van der Waals surface area contributed by atoms with Gasteiger partial charge in [-0.3, -0.25) is 0 Å². The number of rotatable bonds is 0. The molecule has 5 aliphatic carbocycles. The summed E-state index contributed by atoms with van der Waals surface area (Å²) in [6, 6.07) is 0. The van der Waals surface area contributed by atoms with E-state index < -0.39 is 0 Å². The van der Waals surface area contributed by atoms with Crippen molar-refractivity contribution in [2.24, 2.45) is 52.5 Å². The largest absolute Gasteiger partial charge is 0.411 e. The maximum atomic E-state index is 9.32. The molecule has 6 fully saturated rings. The molecule has 0 amide bonds. The van der Waals surface area contributed by atoms with Crippen molar-refractivity contribution in [3.63, 3.8) is 0 Å². The highest BCUT2D eigenvalue weighted by Crippen LogP contribution is 2.85. The third-order valence-electron chi connectivity index (χ3n) is 6.97. The summed E-state index contributed by atoms with van der Waals surface area (Å²) in [6.07, 6.45) is 1.34. The fourth-order valence-corrected chi connectivity index (χ4v) is 7.11. The fraction of sp³-hybridized carbons (Fsp3) is 0.923. The Kier molecular flexibility index (Phi) is 1.08. The van der Waals surface area contributed by atoms with Gasteiger partial charge in [0.25, 0.3) is 0 Å². The Hall–Kier alpha value is -0.610. The summed E-state index contributed by atoms with van der Waals surface area (Å²) in [5.41, 5.74) is 1.11. The standard InChI is InChI=1S/C13H15NO3/c15-14-12-8-4-3-5-7-6(4)9(12)11(7)13(10(5)8)16-1-2-17-13/h4-11,15H,1-3H2/b14-12+/t4-,5-,6+,7+,8+,9+,10+,11+/m0/s1. The van der Waals surface area contributed by atoms with Gasteiger partial charge in [-0.05, 0) is 30.1 Å². The van der Waals surface area contributed by atoms with E-state index in [1.165, 1.54) is 6.42 Å². The summed E-state index contributed by atoms with van der Waals surface area (Å²) in [5.74, 6) is 4.94. The maximum Gasteiger partial charge on any atom is 0.175 e. The zero-order chi connectivity index (χ0) is 10.9. The van der Waals surface area contributed by atoms with Gasteiger partial charge in [-0.2, -0.15) is 0 Å². The molecule has 0 aromatic carbocycles. The van der Waals surface area contributed by atoms with Crippen molar-refractivity contribution in [2.45, 2.75) is 12.2 Å². The van der Waals surface area contributed by atoms with E-state index in [2.05, 4.69) is 5.16 Å². The zero-order valence-corrected chi connectivity index (χ0v) is 9.45. The van der Waals surface area contributed by atoms with Gasteiger partial charge in [0.05, 0.1) is 18.9 Å². The van der Waals surface area contributed by atoms with Crippen LogP contribution in [0, 0.1) is 47.3 Å². The van der Waals surface area contributed by atoms with Crippen LogP contribution in [0.1, 0.15) is 6.42 Å².